The third-order valence-corrected chi connectivity index (χ3v) is 3.01. The molecule has 19 heavy (non-hydrogen) atoms. The summed E-state index contributed by atoms with van der Waals surface area (Å²) in [5.41, 5.74) is 0.844. The van der Waals surface area contributed by atoms with Gasteiger partial charge >= 0.3 is 0 Å². The lowest BCUT2D eigenvalue weighted by Gasteiger charge is -2.12. The molecule has 0 amide bonds. The first kappa shape index (κ1) is 13.6. The molecule has 1 heterocycles. The minimum absolute atomic E-state index is 0.698. The van der Waals surface area contributed by atoms with Gasteiger partial charge in [-0.05, 0) is 25.1 Å². The van der Waals surface area contributed by atoms with Gasteiger partial charge in [0.1, 0.15) is 23.2 Å². The fourth-order valence-corrected chi connectivity index (χ4v) is 2.04. The molecule has 1 aromatic carbocycles. The molecular formula is C13H15BrN4O. The number of anilines is 3. The van der Waals surface area contributed by atoms with Crippen LogP contribution in [-0.4, -0.2) is 24.1 Å². The highest BCUT2D eigenvalue weighted by Gasteiger charge is 2.06. The van der Waals surface area contributed by atoms with E-state index in [1.807, 2.05) is 38.2 Å². The molecule has 1 aromatic heterocycles. The molecule has 5 nitrogen and oxygen atoms in total. The Morgan fingerprint density at radius 3 is 2.58 bits per heavy atom. The Morgan fingerprint density at radius 2 is 1.89 bits per heavy atom. The fraction of sp³-hybridized carbons (Fsp3) is 0.231. The predicted octanol–water partition coefficient (Wildman–Crippen LogP) is 3.34. The highest BCUT2D eigenvalue weighted by molar-refractivity contribution is 9.10. The third kappa shape index (κ3) is 3.35. The third-order valence-electron chi connectivity index (χ3n) is 2.52. The van der Waals surface area contributed by atoms with E-state index in [1.165, 1.54) is 0 Å². The van der Waals surface area contributed by atoms with Crippen LogP contribution in [0.4, 0.5) is 17.3 Å². The van der Waals surface area contributed by atoms with Crippen molar-refractivity contribution in [2.45, 2.75) is 6.92 Å². The van der Waals surface area contributed by atoms with Crippen LogP contribution in [0.25, 0.3) is 0 Å². The van der Waals surface area contributed by atoms with Crippen LogP contribution in [0.5, 0.6) is 5.75 Å². The number of hydrogen-bond acceptors (Lipinski definition) is 5. The number of halogens is 1. The van der Waals surface area contributed by atoms with Gasteiger partial charge in [0.25, 0.3) is 0 Å². The van der Waals surface area contributed by atoms with Crippen molar-refractivity contribution in [3.8, 4) is 5.75 Å². The lowest BCUT2D eigenvalue weighted by atomic mass is 10.3. The Morgan fingerprint density at radius 1 is 1.16 bits per heavy atom. The van der Waals surface area contributed by atoms with E-state index in [1.54, 1.807) is 7.11 Å². The van der Waals surface area contributed by atoms with Crippen molar-refractivity contribution in [1.82, 2.24) is 9.97 Å². The molecule has 0 saturated heterocycles. The topological polar surface area (TPSA) is 59.1 Å². The smallest absolute Gasteiger partial charge is 0.142 e. The monoisotopic (exact) mass is 322 g/mol. The van der Waals surface area contributed by atoms with E-state index >= 15 is 0 Å². The Balaban J connectivity index is 2.35. The van der Waals surface area contributed by atoms with Crippen LogP contribution in [0.1, 0.15) is 5.82 Å². The number of nitrogens with one attached hydrogen (secondary N) is 2. The molecule has 0 atom stereocenters. The van der Waals surface area contributed by atoms with Crippen molar-refractivity contribution >= 4 is 33.3 Å². The lowest BCUT2D eigenvalue weighted by molar-refractivity contribution is 0.416. The number of nitrogens with zero attached hydrogens (tertiary/aromatic N) is 2. The second-order valence-electron chi connectivity index (χ2n) is 3.91. The van der Waals surface area contributed by atoms with E-state index in [0.717, 1.165) is 21.7 Å². The maximum atomic E-state index is 5.32. The van der Waals surface area contributed by atoms with E-state index in [-0.39, 0.29) is 0 Å². The van der Waals surface area contributed by atoms with Gasteiger partial charge in [0.15, 0.2) is 0 Å². The number of methoxy groups -OCH3 is 1. The highest BCUT2D eigenvalue weighted by Crippen LogP contribution is 2.30. The maximum absolute atomic E-state index is 5.32. The van der Waals surface area contributed by atoms with Gasteiger partial charge in [0, 0.05) is 17.6 Å². The summed E-state index contributed by atoms with van der Waals surface area (Å²) in [5.74, 6) is 2.94. The first-order chi connectivity index (χ1) is 9.12. The van der Waals surface area contributed by atoms with Crippen molar-refractivity contribution in [2.24, 2.45) is 0 Å². The van der Waals surface area contributed by atoms with Gasteiger partial charge in [0.05, 0.1) is 12.8 Å². The van der Waals surface area contributed by atoms with Crippen LogP contribution in [-0.2, 0) is 0 Å². The summed E-state index contributed by atoms with van der Waals surface area (Å²) in [5, 5.41) is 6.24. The molecule has 0 aliphatic carbocycles. The van der Waals surface area contributed by atoms with Crippen LogP contribution >= 0.6 is 15.9 Å². The molecule has 0 fully saturated rings. The summed E-state index contributed by atoms with van der Waals surface area (Å²) in [6, 6.07) is 7.59. The summed E-state index contributed by atoms with van der Waals surface area (Å²) in [7, 11) is 3.46. The van der Waals surface area contributed by atoms with Gasteiger partial charge in [0.2, 0.25) is 0 Å². The molecule has 0 radical (unpaired) electrons. The molecule has 100 valence electrons. The zero-order chi connectivity index (χ0) is 13.8. The van der Waals surface area contributed by atoms with Crippen molar-refractivity contribution in [3.05, 3.63) is 34.6 Å². The molecule has 2 N–H and O–H groups in total. The predicted molar refractivity (Wildman–Crippen MR) is 80.3 cm³/mol. The van der Waals surface area contributed by atoms with Crippen LogP contribution in [0.3, 0.4) is 0 Å². The Labute approximate surface area is 120 Å². The quantitative estimate of drug-likeness (QED) is 0.904. The standard InChI is InChI=1S/C13H15BrN4O/c1-8-16-12(15-2)7-13(17-8)18-10-6-9(14)4-5-11(10)19-3/h4-7H,1-3H3,(H2,15,16,17,18). The first-order valence-electron chi connectivity index (χ1n) is 5.76. The van der Waals surface area contributed by atoms with E-state index in [0.29, 0.717) is 11.6 Å². The Bertz CT molecular complexity index is 589. The van der Waals surface area contributed by atoms with Crippen molar-refractivity contribution < 1.29 is 4.74 Å². The van der Waals surface area contributed by atoms with Gasteiger partial charge in [-0.15, -0.1) is 0 Å². The van der Waals surface area contributed by atoms with Gasteiger partial charge in [-0.1, -0.05) is 15.9 Å². The molecule has 6 heteroatoms. The normalized spacial score (nSPS) is 10.1. The Hall–Kier alpha value is -1.82. The lowest BCUT2D eigenvalue weighted by Crippen LogP contribution is -2.02. The molecule has 0 bridgehead atoms. The van der Waals surface area contributed by atoms with Gasteiger partial charge < -0.3 is 15.4 Å². The van der Waals surface area contributed by atoms with E-state index in [9.17, 15) is 0 Å². The number of aromatic nitrogens is 2. The molecule has 2 rings (SSSR count). The van der Waals surface area contributed by atoms with Gasteiger partial charge in [-0.25, -0.2) is 9.97 Å². The molecule has 0 aliphatic rings. The molecular weight excluding hydrogens is 308 g/mol. The highest BCUT2D eigenvalue weighted by atomic mass is 79.9. The summed E-state index contributed by atoms with van der Waals surface area (Å²) < 4.78 is 6.28. The number of ether oxygens (including phenoxy) is 1. The molecule has 0 aliphatic heterocycles. The average Bonchev–Trinajstić information content (AvgIpc) is 2.38. The average molecular weight is 323 g/mol. The number of hydrogen-bond donors (Lipinski definition) is 2. The summed E-state index contributed by atoms with van der Waals surface area (Å²) >= 11 is 3.44. The minimum Gasteiger partial charge on any atom is -0.495 e. The molecule has 2 aromatic rings. The second kappa shape index (κ2) is 5.88. The van der Waals surface area contributed by atoms with Crippen LogP contribution in [0, 0.1) is 6.92 Å². The van der Waals surface area contributed by atoms with Crippen LogP contribution in [0.2, 0.25) is 0 Å². The minimum atomic E-state index is 0.698. The maximum Gasteiger partial charge on any atom is 0.142 e. The van der Waals surface area contributed by atoms with Crippen LogP contribution in [0.15, 0.2) is 28.7 Å². The van der Waals surface area contributed by atoms with Gasteiger partial charge in [-0.2, -0.15) is 0 Å². The molecule has 0 saturated carbocycles. The molecule has 0 spiro atoms. The van der Waals surface area contributed by atoms with Crippen molar-refractivity contribution in [2.75, 3.05) is 24.8 Å². The zero-order valence-electron chi connectivity index (χ0n) is 11.0. The van der Waals surface area contributed by atoms with Crippen molar-refractivity contribution in [3.63, 3.8) is 0 Å². The SMILES string of the molecule is CNc1cc(Nc2cc(Br)ccc2OC)nc(C)n1. The van der Waals surface area contributed by atoms with E-state index < -0.39 is 0 Å². The number of aryl methyl sites for hydroxylation is 1. The zero-order valence-corrected chi connectivity index (χ0v) is 12.6. The fourth-order valence-electron chi connectivity index (χ4n) is 1.68. The van der Waals surface area contributed by atoms with Crippen molar-refractivity contribution in [1.29, 1.82) is 0 Å². The Kier molecular flexibility index (Phi) is 4.21. The number of rotatable bonds is 4. The van der Waals surface area contributed by atoms with E-state index in [2.05, 4.69) is 36.5 Å². The summed E-state index contributed by atoms with van der Waals surface area (Å²) in [4.78, 5) is 8.60. The van der Waals surface area contributed by atoms with Gasteiger partial charge in [-0.3, -0.25) is 0 Å². The van der Waals surface area contributed by atoms with Crippen LogP contribution < -0.4 is 15.4 Å². The summed E-state index contributed by atoms with van der Waals surface area (Å²) in [6.07, 6.45) is 0. The second-order valence-corrected chi connectivity index (χ2v) is 4.82. The van der Waals surface area contributed by atoms with E-state index in [4.69, 9.17) is 4.74 Å². The first-order valence-corrected chi connectivity index (χ1v) is 6.55. The molecule has 0 unspecified atom stereocenters. The number of benzene rings is 1. The summed E-state index contributed by atoms with van der Waals surface area (Å²) in [6.45, 7) is 1.85. The largest absolute Gasteiger partial charge is 0.495 e.